The zero-order chi connectivity index (χ0) is 11.3. The molecule has 0 aliphatic carbocycles. The largest absolute Gasteiger partial charge is 0.481 e. The number of carbonyl (C=O) groups is 2. The van der Waals surface area contributed by atoms with Crippen LogP contribution in [0.4, 0.5) is 0 Å². The van der Waals surface area contributed by atoms with Gasteiger partial charge >= 0.3 is 5.97 Å². The fourth-order valence-corrected chi connectivity index (χ4v) is 1.18. The van der Waals surface area contributed by atoms with E-state index in [1.165, 1.54) is 11.1 Å². The maximum Gasteiger partial charge on any atom is 0.305 e. The van der Waals surface area contributed by atoms with Gasteiger partial charge in [0.2, 0.25) is 0 Å². The molecule has 82 valence electrons. The predicted molar refractivity (Wildman–Crippen MR) is 52.4 cm³/mol. The molecule has 0 unspecified atom stereocenters. The second-order valence-electron chi connectivity index (χ2n) is 3.00. The van der Waals surface area contributed by atoms with Gasteiger partial charge in [-0.3, -0.25) is 14.7 Å². The monoisotopic (exact) mass is 211 g/mol. The number of aromatic nitrogens is 2. The first-order valence-electron chi connectivity index (χ1n) is 4.65. The molecule has 1 amide bonds. The molecule has 0 saturated heterocycles. The van der Waals surface area contributed by atoms with Crippen molar-refractivity contribution < 1.29 is 14.7 Å². The number of nitrogens with zero attached hydrogens (tertiary/aromatic N) is 2. The second-order valence-corrected chi connectivity index (χ2v) is 3.00. The third-order valence-corrected chi connectivity index (χ3v) is 2.00. The van der Waals surface area contributed by atoms with Crippen molar-refractivity contribution in [3.05, 3.63) is 18.0 Å². The highest BCUT2D eigenvalue weighted by Gasteiger charge is 2.15. The normalized spacial score (nSPS) is 9.93. The van der Waals surface area contributed by atoms with Gasteiger partial charge in [-0.05, 0) is 13.0 Å². The summed E-state index contributed by atoms with van der Waals surface area (Å²) < 4.78 is 0. The number of carboxylic acid groups (broad SMARTS) is 1. The van der Waals surface area contributed by atoms with Crippen LogP contribution in [-0.4, -0.2) is 45.2 Å². The van der Waals surface area contributed by atoms with Gasteiger partial charge in [0, 0.05) is 19.3 Å². The van der Waals surface area contributed by atoms with Crippen LogP contribution in [0.25, 0.3) is 0 Å². The molecule has 15 heavy (non-hydrogen) atoms. The molecule has 1 aromatic heterocycles. The summed E-state index contributed by atoms with van der Waals surface area (Å²) in [5, 5.41) is 14.7. The maximum atomic E-state index is 11.7. The van der Waals surface area contributed by atoms with Crippen LogP contribution in [0.3, 0.4) is 0 Å². The highest BCUT2D eigenvalue weighted by molar-refractivity contribution is 5.92. The van der Waals surface area contributed by atoms with Gasteiger partial charge in [-0.15, -0.1) is 0 Å². The summed E-state index contributed by atoms with van der Waals surface area (Å²) in [6.45, 7) is 2.49. The molecule has 6 nitrogen and oxygen atoms in total. The molecule has 0 aliphatic heterocycles. The van der Waals surface area contributed by atoms with E-state index in [9.17, 15) is 9.59 Å². The van der Waals surface area contributed by atoms with Crippen molar-refractivity contribution >= 4 is 11.9 Å². The number of hydrogen-bond donors (Lipinski definition) is 2. The minimum atomic E-state index is -0.911. The van der Waals surface area contributed by atoms with Gasteiger partial charge in [0.15, 0.2) is 0 Å². The molecule has 2 N–H and O–H groups in total. The summed E-state index contributed by atoms with van der Waals surface area (Å²) in [5.74, 6) is -1.14. The first-order valence-corrected chi connectivity index (χ1v) is 4.65. The van der Waals surface area contributed by atoms with E-state index in [4.69, 9.17) is 5.11 Å². The van der Waals surface area contributed by atoms with Crippen LogP contribution in [0.2, 0.25) is 0 Å². The van der Waals surface area contributed by atoms with E-state index in [2.05, 4.69) is 10.2 Å². The summed E-state index contributed by atoms with van der Waals surface area (Å²) in [4.78, 5) is 23.5. The standard InChI is InChI=1S/C9H13N3O3/c1-2-12(6-4-8(13)14)9(15)7-3-5-10-11-7/h3,5H,2,4,6H2,1H3,(H,10,11)(H,13,14). The summed E-state index contributed by atoms with van der Waals surface area (Å²) in [6, 6.07) is 1.56. The molecule has 0 bridgehead atoms. The minimum Gasteiger partial charge on any atom is -0.481 e. The molecule has 0 spiro atoms. The van der Waals surface area contributed by atoms with Crippen molar-refractivity contribution in [3.63, 3.8) is 0 Å². The van der Waals surface area contributed by atoms with Crippen LogP contribution >= 0.6 is 0 Å². The lowest BCUT2D eigenvalue weighted by atomic mass is 10.3. The van der Waals surface area contributed by atoms with Crippen LogP contribution in [0.15, 0.2) is 12.3 Å². The highest BCUT2D eigenvalue weighted by Crippen LogP contribution is 2.01. The second kappa shape index (κ2) is 5.14. The molecule has 1 heterocycles. The van der Waals surface area contributed by atoms with Gasteiger partial charge in [0.1, 0.15) is 5.69 Å². The molecule has 0 saturated carbocycles. The van der Waals surface area contributed by atoms with Crippen LogP contribution in [-0.2, 0) is 4.79 Å². The lowest BCUT2D eigenvalue weighted by Crippen LogP contribution is -2.33. The predicted octanol–water partition coefficient (Wildman–Crippen LogP) is 0.346. The number of H-pyrrole nitrogens is 1. The van der Waals surface area contributed by atoms with Gasteiger partial charge in [0.05, 0.1) is 6.42 Å². The van der Waals surface area contributed by atoms with Crippen molar-refractivity contribution in [2.24, 2.45) is 0 Å². The number of hydrogen-bond acceptors (Lipinski definition) is 3. The molecule has 6 heteroatoms. The molecular formula is C9H13N3O3. The quantitative estimate of drug-likeness (QED) is 0.735. The summed E-state index contributed by atoms with van der Waals surface area (Å²) >= 11 is 0. The Bertz CT molecular complexity index is 334. The average Bonchev–Trinajstić information content (AvgIpc) is 2.70. The Morgan fingerprint density at radius 1 is 1.60 bits per heavy atom. The molecular weight excluding hydrogens is 198 g/mol. The van der Waals surface area contributed by atoms with E-state index in [0.29, 0.717) is 12.2 Å². The number of carboxylic acids is 1. The number of amides is 1. The first kappa shape index (κ1) is 11.2. The number of carbonyl (C=O) groups excluding carboxylic acids is 1. The summed E-state index contributed by atoms with van der Waals surface area (Å²) in [6.07, 6.45) is 1.44. The number of nitrogens with one attached hydrogen (secondary N) is 1. The zero-order valence-corrected chi connectivity index (χ0v) is 8.43. The smallest absolute Gasteiger partial charge is 0.305 e. The lowest BCUT2D eigenvalue weighted by Gasteiger charge is -2.18. The van der Waals surface area contributed by atoms with Gasteiger partial charge < -0.3 is 10.0 Å². The number of aromatic amines is 1. The zero-order valence-electron chi connectivity index (χ0n) is 8.43. The Labute approximate surface area is 86.9 Å². The Morgan fingerprint density at radius 3 is 2.80 bits per heavy atom. The summed E-state index contributed by atoms with van der Waals surface area (Å²) in [7, 11) is 0. The molecule has 0 radical (unpaired) electrons. The lowest BCUT2D eigenvalue weighted by molar-refractivity contribution is -0.137. The topological polar surface area (TPSA) is 86.3 Å². The van der Waals surface area contributed by atoms with Crippen LogP contribution in [0, 0.1) is 0 Å². The van der Waals surface area contributed by atoms with Crippen molar-refractivity contribution in [2.75, 3.05) is 13.1 Å². The Morgan fingerprint density at radius 2 is 2.33 bits per heavy atom. The van der Waals surface area contributed by atoms with Crippen molar-refractivity contribution in [2.45, 2.75) is 13.3 Å². The van der Waals surface area contributed by atoms with Gasteiger partial charge in [-0.2, -0.15) is 5.10 Å². The molecule has 1 aromatic rings. The Balaban J connectivity index is 2.59. The van der Waals surface area contributed by atoms with Gasteiger partial charge in [-0.25, -0.2) is 0 Å². The van der Waals surface area contributed by atoms with E-state index in [-0.39, 0.29) is 18.9 Å². The van der Waals surface area contributed by atoms with Crippen LogP contribution in [0.5, 0.6) is 0 Å². The van der Waals surface area contributed by atoms with E-state index in [1.54, 1.807) is 13.0 Å². The fourth-order valence-electron chi connectivity index (χ4n) is 1.18. The van der Waals surface area contributed by atoms with Crippen LogP contribution in [0.1, 0.15) is 23.8 Å². The first-order chi connectivity index (χ1) is 7.15. The van der Waals surface area contributed by atoms with E-state index in [0.717, 1.165) is 0 Å². The number of rotatable bonds is 5. The maximum absolute atomic E-state index is 11.7. The van der Waals surface area contributed by atoms with Crippen LogP contribution < -0.4 is 0 Å². The number of aliphatic carboxylic acids is 1. The molecule has 0 fully saturated rings. The highest BCUT2D eigenvalue weighted by atomic mass is 16.4. The molecule has 1 rings (SSSR count). The molecule has 0 aromatic carbocycles. The van der Waals surface area contributed by atoms with Gasteiger partial charge in [-0.1, -0.05) is 0 Å². The van der Waals surface area contributed by atoms with Gasteiger partial charge in [0.25, 0.3) is 5.91 Å². The third-order valence-electron chi connectivity index (χ3n) is 2.00. The van der Waals surface area contributed by atoms with E-state index < -0.39 is 5.97 Å². The average molecular weight is 211 g/mol. The summed E-state index contributed by atoms with van der Waals surface area (Å²) in [5.41, 5.74) is 0.377. The van der Waals surface area contributed by atoms with E-state index in [1.807, 2.05) is 0 Å². The van der Waals surface area contributed by atoms with Crippen molar-refractivity contribution in [1.29, 1.82) is 0 Å². The minimum absolute atomic E-state index is 0.0479. The van der Waals surface area contributed by atoms with Crippen molar-refractivity contribution in [3.8, 4) is 0 Å². The Kier molecular flexibility index (Phi) is 3.84. The van der Waals surface area contributed by atoms with Crippen molar-refractivity contribution in [1.82, 2.24) is 15.1 Å². The molecule has 0 aliphatic rings. The SMILES string of the molecule is CCN(CCC(=O)O)C(=O)c1ccn[nH]1. The third kappa shape index (κ3) is 3.08. The van der Waals surface area contributed by atoms with E-state index >= 15 is 0 Å². The fraction of sp³-hybridized carbons (Fsp3) is 0.444. The molecule has 0 atom stereocenters. The Hall–Kier alpha value is -1.85.